The first-order valence-corrected chi connectivity index (χ1v) is 10.3. The maximum atomic E-state index is 13.0. The molecule has 0 atom stereocenters. The predicted molar refractivity (Wildman–Crippen MR) is 116 cm³/mol. The number of hydrogen-bond acceptors (Lipinski definition) is 5. The molecule has 5 rings (SSSR count). The zero-order valence-corrected chi connectivity index (χ0v) is 16.4. The topological polar surface area (TPSA) is 66.9 Å². The van der Waals surface area contributed by atoms with E-state index in [1.807, 2.05) is 48.5 Å². The number of rotatable bonds is 5. The van der Waals surface area contributed by atoms with Crippen LogP contribution in [0.25, 0.3) is 11.1 Å². The predicted octanol–water partition coefficient (Wildman–Crippen LogP) is 4.97. The van der Waals surface area contributed by atoms with Crippen molar-refractivity contribution in [1.82, 2.24) is 10.2 Å². The summed E-state index contributed by atoms with van der Waals surface area (Å²) in [5.74, 6) is -0.0797. The second kappa shape index (κ2) is 7.48. The molecule has 6 heteroatoms. The quantitative estimate of drug-likeness (QED) is 0.438. The van der Waals surface area contributed by atoms with Gasteiger partial charge < -0.3 is 10.6 Å². The van der Waals surface area contributed by atoms with Gasteiger partial charge >= 0.3 is 0 Å². The molecule has 1 aliphatic carbocycles. The molecule has 142 valence electrons. The van der Waals surface area contributed by atoms with Gasteiger partial charge in [-0.25, -0.2) is 0 Å². The van der Waals surface area contributed by atoms with E-state index in [-0.39, 0.29) is 5.91 Å². The van der Waals surface area contributed by atoms with Crippen molar-refractivity contribution in [3.8, 4) is 11.1 Å². The molecule has 0 aliphatic heterocycles. The number of hydrogen-bond donors (Lipinski definition) is 2. The molecular weight excluding hydrogens is 380 g/mol. The van der Waals surface area contributed by atoms with Crippen molar-refractivity contribution in [1.29, 1.82) is 0 Å². The molecule has 1 aliphatic rings. The summed E-state index contributed by atoms with van der Waals surface area (Å²) in [6.07, 6.45) is 0.793. The van der Waals surface area contributed by atoms with Crippen molar-refractivity contribution < 1.29 is 4.79 Å². The van der Waals surface area contributed by atoms with Gasteiger partial charge in [0, 0.05) is 17.8 Å². The Hall–Kier alpha value is -3.51. The fourth-order valence-electron chi connectivity index (χ4n) is 3.76. The molecule has 0 fully saturated rings. The Morgan fingerprint density at radius 1 is 1.00 bits per heavy atom. The Kier molecular flexibility index (Phi) is 4.54. The Labute approximate surface area is 172 Å². The third-order valence-corrected chi connectivity index (χ3v) is 5.73. The van der Waals surface area contributed by atoms with E-state index >= 15 is 0 Å². The molecule has 1 heterocycles. The maximum absolute atomic E-state index is 13.0. The lowest BCUT2D eigenvalue weighted by Crippen LogP contribution is -2.14. The van der Waals surface area contributed by atoms with Crippen LogP contribution in [0.2, 0.25) is 0 Å². The summed E-state index contributed by atoms with van der Waals surface area (Å²) >= 11 is 1.46. The molecule has 5 nitrogen and oxygen atoms in total. The number of fused-ring (bicyclic) bond motifs is 3. The molecule has 4 aromatic rings. The van der Waals surface area contributed by atoms with Gasteiger partial charge in [0.25, 0.3) is 5.91 Å². The molecular formula is C23H18N4OS. The number of aromatic nitrogens is 2. The van der Waals surface area contributed by atoms with Crippen molar-refractivity contribution in [3.63, 3.8) is 0 Å². The van der Waals surface area contributed by atoms with Crippen LogP contribution in [0.3, 0.4) is 0 Å². The molecule has 1 aromatic heterocycles. The standard InChI is InChI=1S/C23H18N4OS/c28-22(20-10-4-9-19-18-8-2-1-6-16(18)12-21(19)20)26-17-7-3-5-15(11-17)13-24-23-27-25-14-29-23/h1-11,14H,12-13H2,(H,24,27)(H,26,28). The van der Waals surface area contributed by atoms with Crippen LogP contribution in [-0.4, -0.2) is 16.1 Å². The normalized spacial score (nSPS) is 11.6. The molecule has 0 radical (unpaired) electrons. The molecule has 0 saturated carbocycles. The van der Waals surface area contributed by atoms with Crippen LogP contribution in [0, 0.1) is 0 Å². The van der Waals surface area contributed by atoms with Crippen LogP contribution in [-0.2, 0) is 13.0 Å². The number of carbonyl (C=O) groups excluding carboxylic acids is 1. The Morgan fingerprint density at radius 2 is 1.86 bits per heavy atom. The number of nitrogens with zero attached hydrogens (tertiary/aromatic N) is 2. The smallest absolute Gasteiger partial charge is 0.255 e. The maximum Gasteiger partial charge on any atom is 0.255 e. The average molecular weight is 398 g/mol. The van der Waals surface area contributed by atoms with Crippen molar-refractivity contribution >= 4 is 28.1 Å². The highest BCUT2D eigenvalue weighted by Crippen LogP contribution is 2.38. The Bertz CT molecular complexity index is 1190. The van der Waals surface area contributed by atoms with Crippen LogP contribution in [0.1, 0.15) is 27.0 Å². The van der Waals surface area contributed by atoms with E-state index in [1.54, 1.807) is 5.51 Å². The van der Waals surface area contributed by atoms with Crippen LogP contribution < -0.4 is 10.6 Å². The van der Waals surface area contributed by atoms with Crippen LogP contribution in [0.4, 0.5) is 10.8 Å². The molecule has 0 spiro atoms. The van der Waals surface area contributed by atoms with Crippen molar-refractivity contribution in [3.05, 3.63) is 94.5 Å². The minimum absolute atomic E-state index is 0.0797. The summed E-state index contributed by atoms with van der Waals surface area (Å²) in [5.41, 5.74) is 9.01. The highest BCUT2D eigenvalue weighted by Gasteiger charge is 2.23. The summed E-state index contributed by atoms with van der Waals surface area (Å²) < 4.78 is 0. The van der Waals surface area contributed by atoms with Crippen LogP contribution >= 0.6 is 11.3 Å². The summed E-state index contributed by atoms with van der Waals surface area (Å²) in [6.45, 7) is 0.620. The van der Waals surface area contributed by atoms with Crippen molar-refractivity contribution in [2.45, 2.75) is 13.0 Å². The van der Waals surface area contributed by atoms with E-state index in [9.17, 15) is 4.79 Å². The van der Waals surface area contributed by atoms with Gasteiger partial charge in [0.1, 0.15) is 5.51 Å². The third kappa shape index (κ3) is 3.50. The summed E-state index contributed by atoms with van der Waals surface area (Å²) in [7, 11) is 0. The lowest BCUT2D eigenvalue weighted by atomic mass is 10.0. The van der Waals surface area contributed by atoms with E-state index in [1.165, 1.54) is 22.5 Å². The second-order valence-electron chi connectivity index (χ2n) is 6.92. The monoisotopic (exact) mass is 398 g/mol. The van der Waals surface area contributed by atoms with Gasteiger partial charge in [0.15, 0.2) is 0 Å². The number of benzene rings is 3. The van der Waals surface area contributed by atoms with Gasteiger partial charge in [0.2, 0.25) is 5.13 Å². The molecule has 3 aromatic carbocycles. The lowest BCUT2D eigenvalue weighted by molar-refractivity contribution is 0.102. The summed E-state index contributed by atoms with van der Waals surface area (Å²) in [5, 5.41) is 14.9. The van der Waals surface area contributed by atoms with Gasteiger partial charge in [-0.1, -0.05) is 59.9 Å². The molecule has 0 saturated heterocycles. The fourth-order valence-corrected chi connectivity index (χ4v) is 4.20. The first kappa shape index (κ1) is 17.6. The minimum atomic E-state index is -0.0797. The van der Waals surface area contributed by atoms with Gasteiger partial charge in [-0.2, -0.15) is 0 Å². The molecule has 1 amide bonds. The van der Waals surface area contributed by atoms with E-state index in [0.717, 1.165) is 39.5 Å². The SMILES string of the molecule is O=C(Nc1cccc(CNc2nncs2)c1)c1cccc2c1Cc1ccccc1-2. The molecule has 2 N–H and O–H groups in total. The first-order valence-electron chi connectivity index (χ1n) is 9.38. The van der Waals surface area contributed by atoms with Gasteiger partial charge in [-0.05, 0) is 52.4 Å². The fraction of sp³-hybridized carbons (Fsp3) is 0.0870. The third-order valence-electron chi connectivity index (χ3n) is 5.08. The Morgan fingerprint density at radius 3 is 2.76 bits per heavy atom. The lowest BCUT2D eigenvalue weighted by Gasteiger charge is -2.11. The number of anilines is 2. The average Bonchev–Trinajstić information content (AvgIpc) is 3.40. The van der Waals surface area contributed by atoms with E-state index in [0.29, 0.717) is 6.54 Å². The first-order chi connectivity index (χ1) is 14.3. The Balaban J connectivity index is 1.35. The number of amides is 1. The highest BCUT2D eigenvalue weighted by atomic mass is 32.1. The van der Waals surface area contributed by atoms with Crippen molar-refractivity contribution in [2.24, 2.45) is 0 Å². The number of nitrogens with one attached hydrogen (secondary N) is 2. The van der Waals surface area contributed by atoms with E-state index in [2.05, 4.69) is 39.0 Å². The summed E-state index contributed by atoms with van der Waals surface area (Å²) in [4.78, 5) is 13.0. The van der Waals surface area contributed by atoms with Crippen molar-refractivity contribution in [2.75, 3.05) is 10.6 Å². The van der Waals surface area contributed by atoms with Gasteiger partial charge in [0.05, 0.1) is 0 Å². The summed E-state index contributed by atoms with van der Waals surface area (Å²) in [6, 6.07) is 22.1. The second-order valence-corrected chi connectivity index (χ2v) is 7.75. The largest absolute Gasteiger partial charge is 0.356 e. The van der Waals surface area contributed by atoms with E-state index in [4.69, 9.17) is 0 Å². The molecule has 0 bridgehead atoms. The molecule has 29 heavy (non-hydrogen) atoms. The zero-order valence-electron chi connectivity index (χ0n) is 15.6. The van der Waals surface area contributed by atoms with Gasteiger partial charge in [-0.3, -0.25) is 4.79 Å². The highest BCUT2D eigenvalue weighted by molar-refractivity contribution is 7.13. The van der Waals surface area contributed by atoms with E-state index < -0.39 is 0 Å². The van der Waals surface area contributed by atoms with Gasteiger partial charge in [-0.15, -0.1) is 10.2 Å². The molecule has 0 unspecified atom stereocenters. The van der Waals surface area contributed by atoms with Crippen LogP contribution in [0.5, 0.6) is 0 Å². The van der Waals surface area contributed by atoms with Crippen LogP contribution in [0.15, 0.2) is 72.2 Å². The zero-order chi connectivity index (χ0) is 19.6. The minimum Gasteiger partial charge on any atom is -0.356 e. The number of carbonyl (C=O) groups is 1.